The molecular weight excluding hydrogens is 313 g/mol. The van der Waals surface area contributed by atoms with Crippen molar-refractivity contribution < 1.29 is 13.9 Å². The number of hydrogen-bond acceptors (Lipinski definition) is 3. The molecule has 0 saturated carbocycles. The topological polar surface area (TPSA) is 30.5 Å². The van der Waals surface area contributed by atoms with Crippen molar-refractivity contribution in [2.24, 2.45) is 0 Å². The van der Waals surface area contributed by atoms with Crippen LogP contribution in [0.15, 0.2) is 22.7 Å². The molecule has 2 rings (SSSR count). The van der Waals surface area contributed by atoms with Gasteiger partial charge in [-0.1, -0.05) is 0 Å². The van der Waals surface area contributed by atoms with E-state index in [0.717, 1.165) is 32.5 Å². The fraction of sp³-hybridized carbons (Fsp3) is 0.571. The van der Waals surface area contributed by atoms with E-state index in [1.54, 1.807) is 12.1 Å². The van der Waals surface area contributed by atoms with Crippen molar-refractivity contribution in [1.29, 1.82) is 0 Å². The van der Waals surface area contributed by atoms with Gasteiger partial charge in [0.15, 0.2) is 0 Å². The molecule has 0 aliphatic carbocycles. The van der Waals surface area contributed by atoms with Gasteiger partial charge >= 0.3 is 0 Å². The predicted octanol–water partition coefficient (Wildman–Crippen LogP) is 3.12. The van der Waals surface area contributed by atoms with Gasteiger partial charge in [-0.25, -0.2) is 4.39 Å². The number of rotatable bonds is 6. The summed E-state index contributed by atoms with van der Waals surface area (Å²) in [5.41, 5.74) is 0. The minimum atomic E-state index is -0.281. The summed E-state index contributed by atoms with van der Waals surface area (Å²) in [6.07, 6.45) is 2.65. The van der Waals surface area contributed by atoms with Crippen LogP contribution in [-0.4, -0.2) is 31.9 Å². The summed E-state index contributed by atoms with van der Waals surface area (Å²) in [6.45, 7) is 4.47. The van der Waals surface area contributed by atoms with Gasteiger partial charge in [-0.3, -0.25) is 0 Å². The van der Waals surface area contributed by atoms with Crippen LogP contribution in [0.2, 0.25) is 0 Å². The standard InChI is InChI=1S/C14H19BrFNO2/c1-10(8-17-9-12-3-2-6-18-12)19-11-4-5-14(16)13(15)7-11/h4-5,7,10,12,17H,2-3,6,8-9H2,1H3. The number of halogens is 2. The molecule has 1 aromatic carbocycles. The second-order valence-corrected chi connectivity index (χ2v) is 5.65. The third kappa shape index (κ3) is 4.75. The lowest BCUT2D eigenvalue weighted by atomic mass is 10.2. The second-order valence-electron chi connectivity index (χ2n) is 4.80. The summed E-state index contributed by atoms with van der Waals surface area (Å²) in [5.74, 6) is 0.385. The first-order valence-electron chi connectivity index (χ1n) is 6.59. The molecule has 2 atom stereocenters. The van der Waals surface area contributed by atoms with Crippen molar-refractivity contribution in [2.75, 3.05) is 19.7 Å². The summed E-state index contributed by atoms with van der Waals surface area (Å²) < 4.78 is 24.7. The smallest absolute Gasteiger partial charge is 0.137 e. The molecule has 1 saturated heterocycles. The quantitative estimate of drug-likeness (QED) is 0.868. The highest BCUT2D eigenvalue weighted by molar-refractivity contribution is 9.10. The highest BCUT2D eigenvalue weighted by atomic mass is 79.9. The van der Waals surface area contributed by atoms with Gasteiger partial charge in [0, 0.05) is 19.7 Å². The number of hydrogen-bond donors (Lipinski definition) is 1. The fourth-order valence-corrected chi connectivity index (χ4v) is 2.43. The van der Waals surface area contributed by atoms with Gasteiger partial charge in [0.05, 0.1) is 10.6 Å². The molecule has 0 radical (unpaired) electrons. The molecule has 2 unspecified atom stereocenters. The minimum Gasteiger partial charge on any atom is -0.489 e. The monoisotopic (exact) mass is 331 g/mol. The zero-order valence-electron chi connectivity index (χ0n) is 11.0. The van der Waals surface area contributed by atoms with Crippen molar-refractivity contribution in [1.82, 2.24) is 5.32 Å². The molecule has 3 nitrogen and oxygen atoms in total. The van der Waals surface area contributed by atoms with Gasteiger partial charge in [0.2, 0.25) is 0 Å². The van der Waals surface area contributed by atoms with Gasteiger partial charge in [0.25, 0.3) is 0 Å². The largest absolute Gasteiger partial charge is 0.489 e. The molecule has 1 aliphatic heterocycles. The Morgan fingerprint density at radius 3 is 3.11 bits per heavy atom. The average molecular weight is 332 g/mol. The zero-order valence-corrected chi connectivity index (χ0v) is 12.6. The molecule has 1 heterocycles. The average Bonchev–Trinajstić information content (AvgIpc) is 2.87. The summed E-state index contributed by atoms with van der Waals surface area (Å²) in [6, 6.07) is 4.68. The van der Waals surface area contributed by atoms with Crippen LogP contribution in [0.4, 0.5) is 4.39 Å². The SMILES string of the molecule is CC(CNCC1CCCO1)Oc1ccc(F)c(Br)c1. The van der Waals surface area contributed by atoms with Crippen LogP contribution >= 0.6 is 15.9 Å². The van der Waals surface area contributed by atoms with Crippen LogP contribution in [0, 0.1) is 5.82 Å². The van der Waals surface area contributed by atoms with Crippen molar-refractivity contribution >= 4 is 15.9 Å². The molecule has 0 spiro atoms. The van der Waals surface area contributed by atoms with Crippen LogP contribution in [0.5, 0.6) is 5.75 Å². The van der Waals surface area contributed by atoms with E-state index >= 15 is 0 Å². The Kier molecular flexibility index (Phi) is 5.60. The van der Waals surface area contributed by atoms with Crippen LogP contribution < -0.4 is 10.1 Å². The van der Waals surface area contributed by atoms with Crippen LogP contribution in [0.3, 0.4) is 0 Å². The van der Waals surface area contributed by atoms with E-state index in [-0.39, 0.29) is 11.9 Å². The first kappa shape index (κ1) is 14.8. The molecular formula is C14H19BrFNO2. The summed E-state index contributed by atoms with van der Waals surface area (Å²) in [5, 5.41) is 3.34. The van der Waals surface area contributed by atoms with E-state index in [1.807, 2.05) is 6.92 Å². The van der Waals surface area contributed by atoms with E-state index in [1.165, 1.54) is 6.07 Å². The number of ether oxygens (including phenoxy) is 2. The highest BCUT2D eigenvalue weighted by Gasteiger charge is 2.15. The predicted molar refractivity (Wildman–Crippen MR) is 76.0 cm³/mol. The molecule has 1 aliphatic rings. The Hall–Kier alpha value is -0.650. The van der Waals surface area contributed by atoms with Gasteiger partial charge in [0.1, 0.15) is 17.7 Å². The lowest BCUT2D eigenvalue weighted by molar-refractivity contribution is 0.106. The summed E-state index contributed by atoms with van der Waals surface area (Å²) >= 11 is 3.15. The molecule has 5 heteroatoms. The Balaban J connectivity index is 1.70. The van der Waals surface area contributed by atoms with Crippen molar-refractivity contribution in [3.05, 3.63) is 28.5 Å². The molecule has 106 valence electrons. The third-order valence-electron chi connectivity index (χ3n) is 3.06. The fourth-order valence-electron chi connectivity index (χ4n) is 2.08. The maximum absolute atomic E-state index is 13.1. The molecule has 0 bridgehead atoms. The molecule has 0 amide bonds. The van der Waals surface area contributed by atoms with Gasteiger partial charge < -0.3 is 14.8 Å². The van der Waals surface area contributed by atoms with Crippen LogP contribution in [0.1, 0.15) is 19.8 Å². The molecule has 1 fully saturated rings. The molecule has 1 N–H and O–H groups in total. The first-order chi connectivity index (χ1) is 9.15. The highest BCUT2D eigenvalue weighted by Crippen LogP contribution is 2.22. The van der Waals surface area contributed by atoms with Gasteiger partial charge in [-0.2, -0.15) is 0 Å². The Morgan fingerprint density at radius 1 is 1.58 bits per heavy atom. The van der Waals surface area contributed by atoms with E-state index < -0.39 is 0 Å². The minimum absolute atomic E-state index is 0.0266. The van der Waals surface area contributed by atoms with Crippen molar-refractivity contribution in [3.63, 3.8) is 0 Å². The Morgan fingerprint density at radius 2 is 2.42 bits per heavy atom. The maximum Gasteiger partial charge on any atom is 0.137 e. The van der Waals surface area contributed by atoms with Gasteiger partial charge in [-0.15, -0.1) is 0 Å². The van der Waals surface area contributed by atoms with Crippen molar-refractivity contribution in [3.8, 4) is 5.75 Å². The molecule has 0 aromatic heterocycles. The molecule has 19 heavy (non-hydrogen) atoms. The molecule has 1 aromatic rings. The first-order valence-corrected chi connectivity index (χ1v) is 7.38. The second kappa shape index (κ2) is 7.22. The number of benzene rings is 1. The van der Waals surface area contributed by atoms with E-state index in [4.69, 9.17) is 9.47 Å². The zero-order chi connectivity index (χ0) is 13.7. The van der Waals surface area contributed by atoms with E-state index in [9.17, 15) is 4.39 Å². The summed E-state index contributed by atoms with van der Waals surface area (Å²) in [4.78, 5) is 0. The summed E-state index contributed by atoms with van der Waals surface area (Å²) in [7, 11) is 0. The lowest BCUT2D eigenvalue weighted by Crippen LogP contribution is -2.34. The maximum atomic E-state index is 13.1. The van der Waals surface area contributed by atoms with Gasteiger partial charge in [-0.05, 0) is 53.9 Å². The Labute approximate surface area is 121 Å². The lowest BCUT2D eigenvalue weighted by Gasteiger charge is -2.17. The number of nitrogens with one attached hydrogen (secondary N) is 1. The van der Waals surface area contributed by atoms with Crippen molar-refractivity contribution in [2.45, 2.75) is 32.0 Å². The van der Waals surface area contributed by atoms with E-state index in [0.29, 0.717) is 16.3 Å². The van der Waals surface area contributed by atoms with Crippen LogP contribution in [-0.2, 0) is 4.74 Å². The van der Waals surface area contributed by atoms with Crippen LogP contribution in [0.25, 0.3) is 0 Å². The third-order valence-corrected chi connectivity index (χ3v) is 3.66. The Bertz CT molecular complexity index is 410. The normalized spacial score (nSPS) is 20.5. The van der Waals surface area contributed by atoms with E-state index in [2.05, 4.69) is 21.2 Å².